The predicted molar refractivity (Wildman–Crippen MR) is 82.0 cm³/mol. The van der Waals surface area contributed by atoms with E-state index in [1.807, 2.05) is 43.3 Å². The third kappa shape index (κ3) is 2.32. The molecule has 0 aliphatic rings. The summed E-state index contributed by atoms with van der Waals surface area (Å²) in [5.41, 5.74) is 3.60. The van der Waals surface area contributed by atoms with Crippen molar-refractivity contribution in [2.75, 3.05) is 7.05 Å². The minimum atomic E-state index is 0.762. The summed E-state index contributed by atoms with van der Waals surface area (Å²) >= 11 is 6.14. The van der Waals surface area contributed by atoms with Gasteiger partial charge < -0.3 is 14.5 Å². The van der Waals surface area contributed by atoms with E-state index >= 15 is 0 Å². The second-order valence-electron chi connectivity index (χ2n) is 4.97. The molecule has 0 spiro atoms. The molecule has 104 valence electrons. The molecule has 0 amide bonds. The number of hydrogen-bond donors (Lipinski definition) is 1. The third-order valence-electron chi connectivity index (χ3n) is 3.54. The number of imidazole rings is 1. The highest BCUT2D eigenvalue weighted by atomic mass is 35.5. The smallest absolute Gasteiger partial charge is 0.0946 e. The molecule has 0 radical (unpaired) electrons. The lowest BCUT2D eigenvalue weighted by molar-refractivity contribution is 0.736. The molecule has 3 aromatic rings. The average molecular weight is 289 g/mol. The molecular weight excluding hydrogens is 272 g/mol. The van der Waals surface area contributed by atoms with E-state index in [-0.39, 0.29) is 0 Å². The monoisotopic (exact) mass is 288 g/mol. The van der Waals surface area contributed by atoms with Crippen molar-refractivity contribution >= 4 is 22.5 Å². The zero-order chi connectivity index (χ0) is 14.1. The topological polar surface area (TPSA) is 34.8 Å². The molecule has 0 saturated heterocycles. The van der Waals surface area contributed by atoms with Gasteiger partial charge in [-0.15, -0.1) is 0 Å². The predicted octanol–water partition coefficient (Wildman–Crippen LogP) is 2.80. The van der Waals surface area contributed by atoms with Crippen molar-refractivity contribution in [2.24, 2.45) is 7.05 Å². The normalized spacial score (nSPS) is 11.3. The van der Waals surface area contributed by atoms with Crippen molar-refractivity contribution in [1.82, 2.24) is 19.4 Å². The Balaban J connectivity index is 2.09. The molecule has 3 rings (SSSR count). The fourth-order valence-corrected chi connectivity index (χ4v) is 2.68. The Labute approximate surface area is 123 Å². The molecule has 5 heteroatoms. The molecule has 1 aromatic carbocycles. The summed E-state index contributed by atoms with van der Waals surface area (Å²) in [4.78, 5) is 4.17. The van der Waals surface area contributed by atoms with Gasteiger partial charge in [-0.1, -0.05) is 17.7 Å². The van der Waals surface area contributed by atoms with E-state index in [9.17, 15) is 0 Å². The quantitative estimate of drug-likeness (QED) is 0.801. The molecular formula is C15H17ClN4. The molecule has 0 aliphatic carbocycles. The number of fused-ring (bicyclic) bond motifs is 1. The Morgan fingerprint density at radius 1 is 1.35 bits per heavy atom. The van der Waals surface area contributed by atoms with E-state index in [1.165, 1.54) is 10.9 Å². The zero-order valence-corrected chi connectivity index (χ0v) is 12.4. The highest BCUT2D eigenvalue weighted by molar-refractivity contribution is 6.31. The summed E-state index contributed by atoms with van der Waals surface area (Å²) in [6.07, 6.45) is 5.90. The van der Waals surface area contributed by atoms with Crippen LogP contribution < -0.4 is 5.32 Å². The lowest BCUT2D eigenvalue weighted by Gasteiger charge is -2.06. The number of halogens is 1. The van der Waals surface area contributed by atoms with Crippen molar-refractivity contribution in [3.05, 3.63) is 53.2 Å². The van der Waals surface area contributed by atoms with Crippen LogP contribution in [0.5, 0.6) is 0 Å². The number of hydrogen-bond acceptors (Lipinski definition) is 2. The minimum Gasteiger partial charge on any atom is -0.341 e. The molecule has 2 aromatic heterocycles. The number of benzene rings is 1. The minimum absolute atomic E-state index is 0.762. The van der Waals surface area contributed by atoms with Crippen LogP contribution in [-0.2, 0) is 20.1 Å². The van der Waals surface area contributed by atoms with Crippen LogP contribution in [0.1, 0.15) is 11.3 Å². The third-order valence-corrected chi connectivity index (χ3v) is 3.78. The van der Waals surface area contributed by atoms with E-state index in [1.54, 1.807) is 0 Å². The highest BCUT2D eigenvalue weighted by Crippen LogP contribution is 2.25. The van der Waals surface area contributed by atoms with Crippen LogP contribution >= 0.6 is 11.6 Å². The van der Waals surface area contributed by atoms with Crippen molar-refractivity contribution in [3.8, 4) is 0 Å². The molecule has 0 fully saturated rings. The second kappa shape index (κ2) is 5.31. The Kier molecular flexibility index (Phi) is 3.51. The summed E-state index contributed by atoms with van der Waals surface area (Å²) in [7, 11) is 3.97. The van der Waals surface area contributed by atoms with Gasteiger partial charge in [0, 0.05) is 36.4 Å². The molecule has 2 heterocycles. The first-order valence-corrected chi connectivity index (χ1v) is 6.94. The van der Waals surface area contributed by atoms with E-state index in [0.717, 1.165) is 29.3 Å². The van der Waals surface area contributed by atoms with Crippen LogP contribution in [0, 0.1) is 0 Å². The Morgan fingerprint density at radius 2 is 2.20 bits per heavy atom. The fraction of sp³-hybridized carbons (Fsp3) is 0.267. The van der Waals surface area contributed by atoms with Gasteiger partial charge in [0.15, 0.2) is 0 Å². The van der Waals surface area contributed by atoms with Gasteiger partial charge >= 0.3 is 0 Å². The average Bonchev–Trinajstić information content (AvgIpc) is 2.96. The van der Waals surface area contributed by atoms with Gasteiger partial charge in [-0.2, -0.15) is 0 Å². The van der Waals surface area contributed by atoms with Gasteiger partial charge in [0.25, 0.3) is 0 Å². The summed E-state index contributed by atoms with van der Waals surface area (Å²) in [5, 5.41) is 5.21. The van der Waals surface area contributed by atoms with E-state index in [0.29, 0.717) is 0 Å². The van der Waals surface area contributed by atoms with Gasteiger partial charge in [0.1, 0.15) is 0 Å². The van der Waals surface area contributed by atoms with Crippen molar-refractivity contribution < 1.29 is 0 Å². The van der Waals surface area contributed by atoms with Crippen LogP contribution in [0.4, 0.5) is 0 Å². The molecule has 0 unspecified atom stereocenters. The first kappa shape index (κ1) is 13.2. The summed E-state index contributed by atoms with van der Waals surface area (Å²) in [6, 6.07) is 6.05. The highest BCUT2D eigenvalue weighted by Gasteiger charge is 2.10. The maximum atomic E-state index is 6.14. The van der Waals surface area contributed by atoms with Crippen molar-refractivity contribution in [2.45, 2.75) is 13.1 Å². The first-order valence-electron chi connectivity index (χ1n) is 6.56. The molecule has 4 nitrogen and oxygen atoms in total. The number of aryl methyl sites for hydroxylation is 1. The standard InChI is InChI=1S/C15H17ClN4/c1-17-6-11-8-20(9-13-7-18-10-19(13)2)15-5-12(16)3-4-14(11)15/h3-5,7-8,10,17H,6,9H2,1-2H3. The zero-order valence-electron chi connectivity index (χ0n) is 11.6. The molecule has 0 bridgehead atoms. The summed E-state index contributed by atoms with van der Waals surface area (Å²) in [5.74, 6) is 0. The largest absolute Gasteiger partial charge is 0.341 e. The number of nitrogens with zero attached hydrogens (tertiary/aromatic N) is 3. The number of aromatic nitrogens is 3. The number of nitrogens with one attached hydrogen (secondary N) is 1. The van der Waals surface area contributed by atoms with Crippen LogP contribution in [-0.4, -0.2) is 21.2 Å². The van der Waals surface area contributed by atoms with Crippen molar-refractivity contribution in [3.63, 3.8) is 0 Å². The molecule has 1 N–H and O–H groups in total. The van der Waals surface area contributed by atoms with Gasteiger partial charge in [0.2, 0.25) is 0 Å². The van der Waals surface area contributed by atoms with Gasteiger partial charge in [-0.3, -0.25) is 0 Å². The van der Waals surface area contributed by atoms with Crippen LogP contribution in [0.25, 0.3) is 10.9 Å². The Morgan fingerprint density at radius 3 is 2.90 bits per heavy atom. The van der Waals surface area contributed by atoms with Gasteiger partial charge in [0.05, 0.1) is 24.1 Å². The summed E-state index contributed by atoms with van der Waals surface area (Å²) < 4.78 is 4.26. The lowest BCUT2D eigenvalue weighted by atomic mass is 10.2. The lowest BCUT2D eigenvalue weighted by Crippen LogP contribution is -2.05. The molecule has 0 saturated carbocycles. The summed E-state index contributed by atoms with van der Waals surface area (Å²) in [6.45, 7) is 1.63. The second-order valence-corrected chi connectivity index (χ2v) is 5.41. The molecule has 0 aliphatic heterocycles. The van der Waals surface area contributed by atoms with E-state index < -0.39 is 0 Å². The van der Waals surface area contributed by atoms with E-state index in [4.69, 9.17) is 11.6 Å². The van der Waals surface area contributed by atoms with Crippen LogP contribution in [0.15, 0.2) is 36.9 Å². The van der Waals surface area contributed by atoms with Crippen LogP contribution in [0.3, 0.4) is 0 Å². The Bertz CT molecular complexity index is 741. The van der Waals surface area contributed by atoms with Gasteiger partial charge in [-0.05, 0) is 24.7 Å². The number of rotatable bonds is 4. The van der Waals surface area contributed by atoms with Crippen molar-refractivity contribution in [1.29, 1.82) is 0 Å². The maximum absolute atomic E-state index is 6.14. The molecule has 0 atom stereocenters. The fourth-order valence-electron chi connectivity index (χ4n) is 2.51. The SMILES string of the molecule is CNCc1cn(Cc2cncn2C)c2cc(Cl)ccc12. The Hall–Kier alpha value is -1.78. The maximum Gasteiger partial charge on any atom is 0.0946 e. The van der Waals surface area contributed by atoms with Crippen LogP contribution in [0.2, 0.25) is 5.02 Å². The first-order chi connectivity index (χ1) is 9.69. The van der Waals surface area contributed by atoms with Gasteiger partial charge in [-0.25, -0.2) is 4.98 Å². The van der Waals surface area contributed by atoms with E-state index in [2.05, 4.69) is 27.1 Å². The molecule has 20 heavy (non-hydrogen) atoms.